The van der Waals surface area contributed by atoms with Crippen molar-refractivity contribution in [3.8, 4) is 0 Å². The summed E-state index contributed by atoms with van der Waals surface area (Å²) in [5.74, 6) is 2.76. The second kappa shape index (κ2) is 10.2. The van der Waals surface area contributed by atoms with Gasteiger partial charge in [-0.15, -0.1) is 0 Å². The molecule has 0 N–H and O–H groups in total. The van der Waals surface area contributed by atoms with Crippen LogP contribution in [-0.2, 0) is 9.53 Å². The number of carbonyl (C=O) groups is 1. The highest BCUT2D eigenvalue weighted by Gasteiger charge is 1.96. The van der Waals surface area contributed by atoms with Crippen molar-refractivity contribution < 1.29 is 9.53 Å². The molecule has 1 rings (SSSR count). The molecule has 1 saturated heterocycles. The van der Waals surface area contributed by atoms with E-state index in [0.717, 1.165) is 0 Å². The van der Waals surface area contributed by atoms with Crippen molar-refractivity contribution in [1.29, 1.82) is 0 Å². The summed E-state index contributed by atoms with van der Waals surface area (Å²) in [4.78, 5) is 9.18. The molecule has 0 saturated carbocycles. The highest BCUT2D eigenvalue weighted by Crippen LogP contribution is 2.28. The molecule has 1 aliphatic rings. The van der Waals surface area contributed by atoms with Crippen molar-refractivity contribution in [1.82, 2.24) is 0 Å². The van der Waals surface area contributed by atoms with E-state index in [4.69, 9.17) is 0 Å². The summed E-state index contributed by atoms with van der Waals surface area (Å²) in [6.07, 6.45) is 2.88. The Morgan fingerprint density at radius 1 is 1.36 bits per heavy atom. The molecule has 0 atom stereocenters. The summed E-state index contributed by atoms with van der Waals surface area (Å²) >= 11 is 0. The number of ether oxygens (including phenoxy) is 1. The van der Waals surface area contributed by atoms with Crippen molar-refractivity contribution in [2.45, 2.75) is 19.8 Å². The standard InChI is InChI=1S/C4H8S2.C3H6O2/c1-2-4-6-5-3-1;1-2-5-3-4/h1-4H2;3H,2H2,1H3. The van der Waals surface area contributed by atoms with Crippen molar-refractivity contribution in [2.75, 3.05) is 18.1 Å². The van der Waals surface area contributed by atoms with Crippen molar-refractivity contribution in [3.05, 3.63) is 0 Å². The van der Waals surface area contributed by atoms with Gasteiger partial charge in [-0.05, 0) is 19.8 Å². The molecule has 0 aromatic carbocycles. The molecule has 2 nitrogen and oxygen atoms in total. The first-order chi connectivity index (χ1) is 5.41. The number of hydrogen-bond donors (Lipinski definition) is 0. The predicted octanol–water partition coefficient (Wildman–Crippen LogP) is 2.34. The zero-order valence-electron chi connectivity index (χ0n) is 6.75. The molecule has 1 fully saturated rings. The molecule has 1 heterocycles. The van der Waals surface area contributed by atoms with Crippen LogP contribution in [0.2, 0.25) is 0 Å². The number of rotatable bonds is 2. The fourth-order valence-electron chi connectivity index (χ4n) is 0.508. The summed E-state index contributed by atoms with van der Waals surface area (Å²) in [6, 6.07) is 0. The maximum absolute atomic E-state index is 9.18. The molecule has 0 bridgehead atoms. The molecule has 0 aromatic heterocycles. The van der Waals surface area contributed by atoms with E-state index < -0.39 is 0 Å². The van der Waals surface area contributed by atoms with Gasteiger partial charge in [-0.1, -0.05) is 21.6 Å². The van der Waals surface area contributed by atoms with Crippen LogP contribution in [0.25, 0.3) is 0 Å². The molecular formula is C7H14O2S2. The highest BCUT2D eigenvalue weighted by molar-refractivity contribution is 8.76. The molecule has 0 aromatic rings. The highest BCUT2D eigenvalue weighted by atomic mass is 33.1. The Hall–Kier alpha value is 0.170. The molecule has 0 unspecified atom stereocenters. The average molecular weight is 194 g/mol. The molecule has 11 heavy (non-hydrogen) atoms. The minimum atomic E-state index is 0.431. The Bertz CT molecular complexity index is 73.0. The first-order valence-corrected chi connectivity index (χ1v) is 6.20. The first-order valence-electron chi connectivity index (χ1n) is 3.71. The number of hydrogen-bond acceptors (Lipinski definition) is 4. The van der Waals surface area contributed by atoms with Crippen LogP contribution in [0.15, 0.2) is 0 Å². The number of carbonyl (C=O) groups excluding carboxylic acids is 1. The summed E-state index contributed by atoms with van der Waals surface area (Å²) in [7, 11) is 4.02. The van der Waals surface area contributed by atoms with Gasteiger partial charge >= 0.3 is 0 Å². The molecule has 1 aliphatic heterocycles. The SMILES string of the molecule is C1CCSSC1.CCOC=O. The van der Waals surface area contributed by atoms with Crippen molar-refractivity contribution in [3.63, 3.8) is 0 Å². The van der Waals surface area contributed by atoms with Crippen LogP contribution in [-0.4, -0.2) is 24.6 Å². The third kappa shape index (κ3) is 10.2. The van der Waals surface area contributed by atoms with Gasteiger partial charge in [0.05, 0.1) is 6.61 Å². The van der Waals surface area contributed by atoms with Crippen LogP contribution in [0.4, 0.5) is 0 Å². The summed E-state index contributed by atoms with van der Waals surface area (Å²) in [6.45, 7) is 2.66. The van der Waals surface area contributed by atoms with E-state index in [-0.39, 0.29) is 0 Å². The Labute approximate surface area is 75.9 Å². The van der Waals surface area contributed by atoms with Crippen LogP contribution >= 0.6 is 21.6 Å². The molecule has 4 heteroatoms. The van der Waals surface area contributed by atoms with Gasteiger partial charge in [0.15, 0.2) is 0 Å². The Morgan fingerprint density at radius 3 is 2.00 bits per heavy atom. The lowest BCUT2D eigenvalue weighted by Gasteiger charge is -2.04. The van der Waals surface area contributed by atoms with E-state index in [1.54, 1.807) is 6.92 Å². The zero-order valence-corrected chi connectivity index (χ0v) is 8.38. The van der Waals surface area contributed by atoms with Gasteiger partial charge in [0, 0.05) is 11.5 Å². The summed E-state index contributed by atoms with van der Waals surface area (Å²) < 4.78 is 4.15. The predicted molar refractivity (Wildman–Crippen MR) is 51.8 cm³/mol. The van der Waals surface area contributed by atoms with Gasteiger partial charge in [-0.2, -0.15) is 0 Å². The van der Waals surface area contributed by atoms with Gasteiger partial charge in [0.2, 0.25) is 0 Å². The lowest BCUT2D eigenvalue weighted by Crippen LogP contribution is -1.86. The largest absolute Gasteiger partial charge is 0.468 e. The Balaban J connectivity index is 0.000000187. The molecule has 0 aliphatic carbocycles. The maximum atomic E-state index is 9.18. The Morgan fingerprint density at radius 2 is 1.91 bits per heavy atom. The third-order valence-corrected chi connectivity index (χ3v) is 3.60. The van der Waals surface area contributed by atoms with Gasteiger partial charge in [0.25, 0.3) is 6.47 Å². The van der Waals surface area contributed by atoms with Crippen molar-refractivity contribution >= 4 is 28.1 Å². The lowest BCUT2D eigenvalue weighted by molar-refractivity contribution is -0.128. The molecule has 0 amide bonds. The van der Waals surface area contributed by atoms with E-state index in [2.05, 4.69) is 4.74 Å². The quantitative estimate of drug-likeness (QED) is 0.498. The van der Waals surface area contributed by atoms with Crippen molar-refractivity contribution in [2.24, 2.45) is 0 Å². The minimum Gasteiger partial charge on any atom is -0.468 e. The molecule has 66 valence electrons. The molecular weight excluding hydrogens is 180 g/mol. The molecule has 0 radical (unpaired) electrons. The van der Waals surface area contributed by atoms with Crippen LogP contribution in [0, 0.1) is 0 Å². The minimum absolute atomic E-state index is 0.431. The third-order valence-electron chi connectivity index (χ3n) is 1.02. The zero-order chi connectivity index (χ0) is 8.36. The van der Waals surface area contributed by atoms with Gasteiger partial charge in [0.1, 0.15) is 0 Å². The van der Waals surface area contributed by atoms with E-state index in [1.165, 1.54) is 24.3 Å². The van der Waals surface area contributed by atoms with Gasteiger partial charge in [-0.25, -0.2) is 0 Å². The normalized spacial score (nSPS) is 16.1. The average Bonchev–Trinajstić information content (AvgIpc) is 2.10. The fourth-order valence-corrected chi connectivity index (χ4v) is 2.80. The van der Waals surface area contributed by atoms with Crippen LogP contribution in [0.5, 0.6) is 0 Å². The van der Waals surface area contributed by atoms with E-state index in [1.807, 2.05) is 21.6 Å². The van der Waals surface area contributed by atoms with E-state index in [0.29, 0.717) is 13.1 Å². The smallest absolute Gasteiger partial charge is 0.293 e. The van der Waals surface area contributed by atoms with Crippen LogP contribution in [0.1, 0.15) is 19.8 Å². The fraction of sp³-hybridized carbons (Fsp3) is 0.857. The summed E-state index contributed by atoms with van der Waals surface area (Å²) in [5.41, 5.74) is 0. The monoisotopic (exact) mass is 194 g/mol. The van der Waals surface area contributed by atoms with Gasteiger partial charge < -0.3 is 4.74 Å². The van der Waals surface area contributed by atoms with Crippen LogP contribution < -0.4 is 0 Å². The topological polar surface area (TPSA) is 26.3 Å². The Kier molecular flexibility index (Phi) is 10.3. The second-order valence-electron chi connectivity index (χ2n) is 1.90. The maximum Gasteiger partial charge on any atom is 0.293 e. The van der Waals surface area contributed by atoms with E-state index >= 15 is 0 Å². The second-order valence-corrected chi connectivity index (χ2v) is 4.60. The van der Waals surface area contributed by atoms with E-state index in [9.17, 15) is 4.79 Å². The lowest BCUT2D eigenvalue weighted by atomic mass is 10.4. The first kappa shape index (κ1) is 11.2. The van der Waals surface area contributed by atoms with Gasteiger partial charge in [-0.3, -0.25) is 4.79 Å². The van der Waals surface area contributed by atoms with Crippen LogP contribution in [0.3, 0.4) is 0 Å². The summed E-state index contributed by atoms with van der Waals surface area (Å²) in [5, 5.41) is 0. The molecule has 0 spiro atoms.